The molecule has 1 aliphatic carbocycles. The Bertz CT molecular complexity index is 584. The number of hydrogen-bond acceptors (Lipinski definition) is 4. The fourth-order valence-electron chi connectivity index (χ4n) is 2.83. The number of nitrogens with one attached hydrogen (secondary N) is 1. The van der Waals surface area contributed by atoms with Crippen LogP contribution in [-0.2, 0) is 10.0 Å². The maximum Gasteiger partial charge on any atom is 0.242 e. The lowest BCUT2D eigenvalue weighted by Crippen LogP contribution is -2.31. The van der Waals surface area contributed by atoms with Crippen LogP contribution in [0.5, 0.6) is 0 Å². The molecule has 0 amide bonds. The molecule has 0 aromatic heterocycles. The van der Waals surface area contributed by atoms with Gasteiger partial charge in [-0.25, -0.2) is 13.1 Å². The molecule has 0 radical (unpaired) electrons. The summed E-state index contributed by atoms with van der Waals surface area (Å²) >= 11 is 0. The number of para-hydroxylation sites is 1. The van der Waals surface area contributed by atoms with Gasteiger partial charge in [-0.2, -0.15) is 0 Å². The second kappa shape index (κ2) is 5.35. The van der Waals surface area contributed by atoms with Gasteiger partial charge in [0, 0.05) is 19.1 Å². The highest BCUT2D eigenvalue weighted by molar-refractivity contribution is 7.89. The molecule has 1 aromatic carbocycles. The fourth-order valence-corrected chi connectivity index (χ4v) is 4.08. The lowest BCUT2D eigenvalue weighted by atomic mass is 10.1. The van der Waals surface area contributed by atoms with Crippen LogP contribution in [0.4, 0.5) is 5.69 Å². The first-order valence-electron chi connectivity index (χ1n) is 7.14. The van der Waals surface area contributed by atoms with Crippen molar-refractivity contribution in [3.8, 4) is 0 Å². The van der Waals surface area contributed by atoms with Crippen molar-refractivity contribution in [2.24, 2.45) is 5.92 Å². The molecule has 20 heavy (non-hydrogen) atoms. The van der Waals surface area contributed by atoms with Crippen molar-refractivity contribution in [3.05, 3.63) is 24.3 Å². The van der Waals surface area contributed by atoms with Gasteiger partial charge < -0.3 is 10.6 Å². The number of likely N-dealkylation sites (tertiary alicyclic amines) is 1. The molecule has 1 aromatic rings. The predicted octanol–water partition coefficient (Wildman–Crippen LogP) is 1.03. The van der Waals surface area contributed by atoms with Gasteiger partial charge in [-0.05, 0) is 43.9 Å². The quantitative estimate of drug-likeness (QED) is 0.796. The third-order valence-electron chi connectivity index (χ3n) is 4.15. The minimum absolute atomic E-state index is 0.178. The maximum atomic E-state index is 12.2. The second-order valence-electron chi connectivity index (χ2n) is 5.77. The van der Waals surface area contributed by atoms with Crippen molar-refractivity contribution < 1.29 is 8.42 Å². The third kappa shape index (κ3) is 2.97. The Kier molecular flexibility index (Phi) is 3.70. The third-order valence-corrected chi connectivity index (χ3v) is 5.65. The van der Waals surface area contributed by atoms with Crippen LogP contribution in [0.1, 0.15) is 19.3 Å². The van der Waals surface area contributed by atoms with E-state index >= 15 is 0 Å². The molecule has 2 fully saturated rings. The highest BCUT2D eigenvalue weighted by Gasteiger charge is 2.34. The number of benzene rings is 1. The summed E-state index contributed by atoms with van der Waals surface area (Å²) in [5.41, 5.74) is 6.03. The smallest absolute Gasteiger partial charge is 0.242 e. The van der Waals surface area contributed by atoms with E-state index in [-0.39, 0.29) is 4.90 Å². The summed E-state index contributed by atoms with van der Waals surface area (Å²) in [6, 6.07) is 7.34. The van der Waals surface area contributed by atoms with Gasteiger partial charge in [0.25, 0.3) is 0 Å². The Morgan fingerprint density at radius 2 is 2.00 bits per heavy atom. The molecule has 1 saturated heterocycles. The van der Waals surface area contributed by atoms with Gasteiger partial charge >= 0.3 is 0 Å². The average Bonchev–Trinajstić information content (AvgIpc) is 3.16. The standard InChI is InChI=1S/C14H21N3O2S/c15-13-3-1-2-4-14(13)20(18,19)16-9-11-7-8-17(10-11)12-5-6-12/h1-4,11-12,16H,5-10,15H2. The van der Waals surface area contributed by atoms with Crippen LogP contribution < -0.4 is 10.5 Å². The Balaban J connectivity index is 1.59. The highest BCUT2D eigenvalue weighted by atomic mass is 32.2. The lowest BCUT2D eigenvalue weighted by Gasteiger charge is -2.15. The van der Waals surface area contributed by atoms with E-state index in [0.717, 1.165) is 25.6 Å². The summed E-state index contributed by atoms with van der Waals surface area (Å²) in [4.78, 5) is 2.66. The molecule has 1 unspecified atom stereocenters. The number of hydrogen-bond donors (Lipinski definition) is 2. The van der Waals surface area contributed by atoms with Crippen molar-refractivity contribution in [2.45, 2.75) is 30.2 Å². The van der Waals surface area contributed by atoms with Gasteiger partial charge in [-0.3, -0.25) is 0 Å². The molecule has 1 atom stereocenters. The summed E-state index contributed by atoms with van der Waals surface area (Å²) in [5, 5.41) is 0. The highest BCUT2D eigenvalue weighted by Crippen LogP contribution is 2.31. The molecule has 3 N–H and O–H groups in total. The van der Waals surface area contributed by atoms with Gasteiger partial charge in [0.05, 0.1) is 5.69 Å². The van der Waals surface area contributed by atoms with E-state index in [0.29, 0.717) is 18.2 Å². The number of nitrogens with two attached hydrogens (primary N) is 1. The SMILES string of the molecule is Nc1ccccc1S(=O)(=O)NCC1CCN(C2CC2)C1. The van der Waals surface area contributed by atoms with Crippen molar-refractivity contribution in [1.29, 1.82) is 0 Å². The average molecular weight is 295 g/mol. The van der Waals surface area contributed by atoms with E-state index in [1.165, 1.54) is 12.8 Å². The first-order chi connectivity index (χ1) is 9.56. The van der Waals surface area contributed by atoms with Crippen LogP contribution in [-0.4, -0.2) is 39.0 Å². The molecule has 1 heterocycles. The van der Waals surface area contributed by atoms with Crippen LogP contribution >= 0.6 is 0 Å². The van der Waals surface area contributed by atoms with Gasteiger partial charge in [0.15, 0.2) is 0 Å². The minimum Gasteiger partial charge on any atom is -0.398 e. The molecule has 3 rings (SSSR count). The zero-order valence-corrected chi connectivity index (χ0v) is 12.3. The summed E-state index contributed by atoms with van der Waals surface area (Å²) in [6.07, 6.45) is 3.68. The first-order valence-corrected chi connectivity index (χ1v) is 8.63. The number of nitrogens with zero attached hydrogens (tertiary/aromatic N) is 1. The van der Waals surface area contributed by atoms with Crippen LogP contribution in [0, 0.1) is 5.92 Å². The summed E-state index contributed by atoms with van der Waals surface area (Å²) < 4.78 is 27.2. The van der Waals surface area contributed by atoms with E-state index in [1.807, 2.05) is 0 Å². The van der Waals surface area contributed by atoms with Gasteiger partial charge in [-0.15, -0.1) is 0 Å². The molecular weight excluding hydrogens is 274 g/mol. The van der Waals surface area contributed by atoms with Crippen LogP contribution in [0.3, 0.4) is 0 Å². The van der Waals surface area contributed by atoms with E-state index in [2.05, 4.69) is 9.62 Å². The zero-order valence-electron chi connectivity index (χ0n) is 11.5. The first kappa shape index (κ1) is 13.9. The molecule has 6 heteroatoms. The van der Waals surface area contributed by atoms with Gasteiger partial charge in [-0.1, -0.05) is 12.1 Å². The monoisotopic (exact) mass is 295 g/mol. The fraction of sp³-hybridized carbons (Fsp3) is 0.571. The second-order valence-corrected chi connectivity index (χ2v) is 7.51. The van der Waals surface area contributed by atoms with Crippen LogP contribution in [0.2, 0.25) is 0 Å². The normalized spacial score (nSPS) is 24.1. The summed E-state index contributed by atoms with van der Waals surface area (Å²) in [7, 11) is -3.49. The zero-order chi connectivity index (χ0) is 14.2. The lowest BCUT2D eigenvalue weighted by molar-refractivity contribution is 0.314. The van der Waals surface area contributed by atoms with E-state index in [4.69, 9.17) is 5.73 Å². The van der Waals surface area contributed by atoms with E-state index in [1.54, 1.807) is 24.3 Å². The molecule has 0 bridgehead atoms. The molecule has 5 nitrogen and oxygen atoms in total. The molecule has 1 saturated carbocycles. The van der Waals surface area contributed by atoms with Crippen molar-refractivity contribution >= 4 is 15.7 Å². The van der Waals surface area contributed by atoms with Crippen LogP contribution in [0.15, 0.2) is 29.2 Å². The number of rotatable bonds is 5. The molecule has 2 aliphatic rings. The van der Waals surface area contributed by atoms with E-state index < -0.39 is 10.0 Å². The summed E-state index contributed by atoms with van der Waals surface area (Å²) in [6.45, 7) is 2.61. The van der Waals surface area contributed by atoms with Crippen LogP contribution in [0.25, 0.3) is 0 Å². The number of anilines is 1. The Morgan fingerprint density at radius 3 is 2.70 bits per heavy atom. The Morgan fingerprint density at radius 1 is 1.25 bits per heavy atom. The Labute approximate surface area is 120 Å². The van der Waals surface area contributed by atoms with Crippen molar-refractivity contribution in [3.63, 3.8) is 0 Å². The largest absolute Gasteiger partial charge is 0.398 e. The molecule has 0 spiro atoms. The van der Waals surface area contributed by atoms with Gasteiger partial charge in [0.2, 0.25) is 10.0 Å². The minimum atomic E-state index is -3.49. The predicted molar refractivity (Wildman–Crippen MR) is 78.7 cm³/mol. The van der Waals surface area contributed by atoms with E-state index in [9.17, 15) is 8.42 Å². The molecular formula is C14H21N3O2S. The van der Waals surface area contributed by atoms with Gasteiger partial charge in [0.1, 0.15) is 4.90 Å². The maximum absolute atomic E-state index is 12.2. The summed E-state index contributed by atoms with van der Waals surface area (Å²) in [5.74, 6) is 0.412. The topological polar surface area (TPSA) is 75.4 Å². The van der Waals surface area contributed by atoms with Crippen molar-refractivity contribution in [1.82, 2.24) is 9.62 Å². The Hall–Kier alpha value is -1.11. The van der Waals surface area contributed by atoms with Crippen molar-refractivity contribution in [2.75, 3.05) is 25.4 Å². The number of nitrogen functional groups attached to an aromatic ring is 1. The number of sulfonamides is 1. The molecule has 1 aliphatic heterocycles. The molecule has 110 valence electrons.